The van der Waals surface area contributed by atoms with Gasteiger partial charge in [-0.2, -0.15) is 0 Å². The number of nitrogens with zero attached hydrogens (tertiary/aromatic N) is 2. The Morgan fingerprint density at radius 1 is 1.43 bits per heavy atom. The summed E-state index contributed by atoms with van der Waals surface area (Å²) in [6, 6.07) is 4.76. The zero-order chi connectivity index (χ0) is 16.9. The molecule has 0 radical (unpaired) electrons. The van der Waals surface area contributed by atoms with Crippen LogP contribution in [-0.4, -0.2) is 41.5 Å². The third-order valence-electron chi connectivity index (χ3n) is 5.51. The average Bonchev–Trinajstić information content (AvgIpc) is 2.92. The Morgan fingerprint density at radius 2 is 2.13 bits per heavy atom. The van der Waals surface area contributed by atoms with Gasteiger partial charge in [-0.1, -0.05) is 19.9 Å². The van der Waals surface area contributed by atoms with E-state index in [4.69, 9.17) is 4.74 Å². The summed E-state index contributed by atoms with van der Waals surface area (Å²) in [5.74, 6) is 0.201. The van der Waals surface area contributed by atoms with Gasteiger partial charge in [-0.25, -0.2) is 0 Å². The van der Waals surface area contributed by atoms with E-state index in [-0.39, 0.29) is 29.2 Å². The summed E-state index contributed by atoms with van der Waals surface area (Å²) in [5, 5.41) is 11.1. The molecule has 6 nitrogen and oxygen atoms in total. The summed E-state index contributed by atoms with van der Waals surface area (Å²) in [5.41, 5.74) is 0.713. The molecule has 1 aliphatic heterocycles. The zero-order valence-electron chi connectivity index (χ0n) is 13.9. The van der Waals surface area contributed by atoms with Crippen molar-refractivity contribution in [1.82, 2.24) is 4.90 Å². The molecule has 23 heavy (non-hydrogen) atoms. The van der Waals surface area contributed by atoms with Crippen LogP contribution in [0.25, 0.3) is 0 Å². The molecule has 1 heterocycles. The molecule has 0 N–H and O–H groups in total. The molecule has 3 rings (SSSR count). The summed E-state index contributed by atoms with van der Waals surface area (Å²) in [7, 11) is 1.79. The summed E-state index contributed by atoms with van der Waals surface area (Å²) in [6.07, 6.45) is 1.17. The van der Waals surface area contributed by atoms with Crippen molar-refractivity contribution in [2.45, 2.75) is 39.3 Å². The third kappa shape index (κ3) is 2.24. The van der Waals surface area contributed by atoms with Crippen molar-refractivity contribution < 1.29 is 14.5 Å². The van der Waals surface area contributed by atoms with Crippen molar-refractivity contribution in [2.75, 3.05) is 13.7 Å². The normalized spacial score (nSPS) is 27.9. The Kier molecular flexibility index (Phi) is 3.67. The fourth-order valence-corrected chi connectivity index (χ4v) is 4.45. The lowest BCUT2D eigenvalue weighted by atomic mass is 9.56. The maximum atomic E-state index is 12.9. The first kappa shape index (κ1) is 15.9. The van der Waals surface area contributed by atoms with Crippen molar-refractivity contribution in [1.29, 1.82) is 0 Å². The second-order valence-electron chi connectivity index (χ2n) is 7.13. The zero-order valence-corrected chi connectivity index (χ0v) is 13.9. The monoisotopic (exact) mass is 318 g/mol. The van der Waals surface area contributed by atoms with Gasteiger partial charge in [-0.15, -0.1) is 0 Å². The van der Waals surface area contributed by atoms with E-state index in [0.29, 0.717) is 17.0 Å². The number of fused-ring (bicyclic) bond motifs is 1. The number of hydrogen-bond donors (Lipinski definition) is 0. The van der Waals surface area contributed by atoms with E-state index in [1.165, 1.54) is 6.07 Å². The van der Waals surface area contributed by atoms with Crippen LogP contribution in [0.1, 0.15) is 36.2 Å². The number of rotatable bonds is 3. The van der Waals surface area contributed by atoms with E-state index < -0.39 is 4.92 Å². The number of benzene rings is 1. The summed E-state index contributed by atoms with van der Waals surface area (Å²) < 4.78 is 5.78. The van der Waals surface area contributed by atoms with Crippen LogP contribution in [0.5, 0.6) is 0 Å². The Balaban J connectivity index is 1.89. The highest BCUT2D eigenvalue weighted by atomic mass is 16.6. The first-order valence-electron chi connectivity index (χ1n) is 7.89. The lowest BCUT2D eigenvalue weighted by molar-refractivity contribution is -0.385. The Morgan fingerprint density at radius 3 is 2.78 bits per heavy atom. The lowest BCUT2D eigenvalue weighted by Gasteiger charge is -2.57. The van der Waals surface area contributed by atoms with Crippen molar-refractivity contribution in [2.24, 2.45) is 11.3 Å². The molecular weight excluding hydrogens is 296 g/mol. The minimum absolute atomic E-state index is 0.0146. The topological polar surface area (TPSA) is 72.7 Å². The van der Waals surface area contributed by atoms with E-state index in [0.717, 1.165) is 13.0 Å². The molecule has 0 aromatic heterocycles. The molecule has 0 bridgehead atoms. The number of ether oxygens (including phenoxy) is 1. The van der Waals surface area contributed by atoms with Gasteiger partial charge in [-0.05, 0) is 19.4 Å². The number of hydrogen-bond acceptors (Lipinski definition) is 4. The fourth-order valence-electron chi connectivity index (χ4n) is 4.45. The van der Waals surface area contributed by atoms with Crippen molar-refractivity contribution in [3.8, 4) is 0 Å². The van der Waals surface area contributed by atoms with E-state index in [9.17, 15) is 14.9 Å². The van der Waals surface area contributed by atoms with Crippen LogP contribution in [0.15, 0.2) is 18.2 Å². The standard InChI is InChI=1S/C17H22N2O4/c1-10-11(6-5-7-13(10)19(21)22)16(20)18(4)14-12-8-9-23-15(12)17(14,2)3/h5-7,12,14-15H,8-9H2,1-4H3/t12-,14-,15+/m1/s1. The first-order valence-corrected chi connectivity index (χ1v) is 7.89. The second kappa shape index (κ2) is 5.30. The smallest absolute Gasteiger partial charge is 0.273 e. The van der Waals surface area contributed by atoms with E-state index in [1.807, 2.05) is 0 Å². The molecule has 1 aromatic carbocycles. The van der Waals surface area contributed by atoms with Crippen LogP contribution in [0, 0.1) is 28.4 Å². The van der Waals surface area contributed by atoms with Gasteiger partial charge < -0.3 is 9.64 Å². The SMILES string of the molecule is Cc1c(C(=O)N(C)[C@@H]2[C@H]3CCO[C@@H]3C2(C)C)cccc1[N+](=O)[O-]. The first-order chi connectivity index (χ1) is 10.8. The van der Waals surface area contributed by atoms with Crippen LogP contribution in [0.2, 0.25) is 0 Å². The summed E-state index contributed by atoms with van der Waals surface area (Å²) >= 11 is 0. The number of amides is 1. The average molecular weight is 318 g/mol. The molecule has 1 saturated heterocycles. The largest absolute Gasteiger partial charge is 0.377 e. The molecule has 2 fully saturated rings. The quantitative estimate of drug-likeness (QED) is 0.634. The Hall–Kier alpha value is -1.95. The van der Waals surface area contributed by atoms with E-state index in [1.54, 1.807) is 31.0 Å². The fraction of sp³-hybridized carbons (Fsp3) is 0.588. The van der Waals surface area contributed by atoms with Gasteiger partial charge >= 0.3 is 0 Å². The summed E-state index contributed by atoms with van der Waals surface area (Å²) in [6.45, 7) is 6.61. The highest BCUT2D eigenvalue weighted by Gasteiger charge is 2.61. The van der Waals surface area contributed by atoms with Gasteiger partial charge in [0.05, 0.1) is 11.0 Å². The maximum absolute atomic E-state index is 12.9. The van der Waals surface area contributed by atoms with Crippen LogP contribution >= 0.6 is 0 Å². The number of carbonyl (C=O) groups excluding carboxylic acids is 1. The minimum Gasteiger partial charge on any atom is -0.377 e. The molecule has 2 aliphatic rings. The van der Waals surface area contributed by atoms with Crippen molar-refractivity contribution >= 4 is 11.6 Å². The minimum atomic E-state index is -0.444. The molecule has 0 spiro atoms. The predicted molar refractivity (Wildman–Crippen MR) is 85.3 cm³/mol. The van der Waals surface area contributed by atoms with Crippen LogP contribution in [0.4, 0.5) is 5.69 Å². The maximum Gasteiger partial charge on any atom is 0.273 e. The third-order valence-corrected chi connectivity index (χ3v) is 5.51. The molecule has 0 unspecified atom stereocenters. The van der Waals surface area contributed by atoms with Crippen molar-refractivity contribution in [3.63, 3.8) is 0 Å². The molecule has 6 heteroatoms. The molecule has 1 amide bonds. The molecule has 3 atom stereocenters. The van der Waals surface area contributed by atoms with Crippen molar-refractivity contribution in [3.05, 3.63) is 39.4 Å². The van der Waals surface area contributed by atoms with Gasteiger partial charge in [0, 0.05) is 48.2 Å². The molecular formula is C17H22N2O4. The van der Waals surface area contributed by atoms with Gasteiger partial charge in [-0.3, -0.25) is 14.9 Å². The Labute approximate surface area is 135 Å². The Bertz CT molecular complexity index is 671. The number of carbonyl (C=O) groups is 1. The van der Waals surface area contributed by atoms with E-state index >= 15 is 0 Å². The van der Waals surface area contributed by atoms with Crippen LogP contribution in [0.3, 0.4) is 0 Å². The molecule has 1 saturated carbocycles. The number of nitro groups is 1. The van der Waals surface area contributed by atoms with Gasteiger partial charge in [0.1, 0.15) is 0 Å². The molecule has 1 aromatic rings. The van der Waals surface area contributed by atoms with Gasteiger partial charge in [0.15, 0.2) is 0 Å². The van der Waals surface area contributed by atoms with Crippen LogP contribution in [-0.2, 0) is 4.74 Å². The lowest BCUT2D eigenvalue weighted by Crippen LogP contribution is -2.66. The number of nitro benzene ring substituents is 1. The second-order valence-corrected chi connectivity index (χ2v) is 7.13. The van der Waals surface area contributed by atoms with Gasteiger partial charge in [0.2, 0.25) is 0 Å². The predicted octanol–water partition coefficient (Wildman–Crippen LogP) is 2.79. The highest BCUT2D eigenvalue weighted by Crippen LogP contribution is 2.54. The molecule has 1 aliphatic carbocycles. The van der Waals surface area contributed by atoms with E-state index in [2.05, 4.69) is 13.8 Å². The van der Waals surface area contributed by atoms with Crippen LogP contribution < -0.4 is 0 Å². The van der Waals surface area contributed by atoms with Gasteiger partial charge in [0.25, 0.3) is 11.6 Å². The molecule has 124 valence electrons. The summed E-state index contributed by atoms with van der Waals surface area (Å²) in [4.78, 5) is 25.3. The highest BCUT2D eigenvalue weighted by molar-refractivity contribution is 5.96.